The van der Waals surface area contributed by atoms with Crippen LogP contribution in [-0.2, 0) is 6.54 Å². The summed E-state index contributed by atoms with van der Waals surface area (Å²) in [4.78, 5) is 2.24. The number of nitrogen functional groups attached to an aromatic ring is 1. The quantitative estimate of drug-likeness (QED) is 0.829. The number of nitrogens with two attached hydrogens (primary N) is 1. The van der Waals surface area contributed by atoms with E-state index in [1.165, 1.54) is 6.42 Å². The van der Waals surface area contributed by atoms with Crippen molar-refractivity contribution in [3.8, 4) is 0 Å². The Bertz CT molecular complexity index is 357. The van der Waals surface area contributed by atoms with Gasteiger partial charge >= 0.3 is 0 Å². The molecule has 17 heavy (non-hydrogen) atoms. The maximum absolute atomic E-state index is 6.13. The Morgan fingerprint density at radius 3 is 2.59 bits per heavy atom. The first-order valence-corrected chi connectivity index (χ1v) is 6.55. The van der Waals surface area contributed by atoms with Crippen molar-refractivity contribution in [2.75, 3.05) is 24.2 Å². The number of aromatic nitrogens is 2. The molecule has 1 atom stereocenters. The fourth-order valence-electron chi connectivity index (χ4n) is 2.04. The van der Waals surface area contributed by atoms with Gasteiger partial charge in [0.2, 0.25) is 0 Å². The molecule has 0 saturated heterocycles. The maximum Gasteiger partial charge on any atom is 0.150 e. The largest absolute Gasteiger partial charge is 0.394 e. The van der Waals surface area contributed by atoms with Crippen LogP contribution in [0.5, 0.6) is 0 Å². The summed E-state index contributed by atoms with van der Waals surface area (Å²) in [6.07, 6.45) is 2.26. The first kappa shape index (κ1) is 13.9. The van der Waals surface area contributed by atoms with Crippen LogP contribution in [-0.4, -0.2) is 23.4 Å². The number of rotatable bonds is 6. The van der Waals surface area contributed by atoms with E-state index < -0.39 is 0 Å². The minimum absolute atomic E-state index is 0.671. The molecule has 4 heteroatoms. The van der Waals surface area contributed by atoms with E-state index in [1.54, 1.807) is 0 Å². The van der Waals surface area contributed by atoms with Gasteiger partial charge in [0, 0.05) is 20.1 Å². The Balaban J connectivity index is 2.93. The number of hydrogen-bond acceptors (Lipinski definition) is 3. The molecule has 1 rings (SSSR count). The average Bonchev–Trinajstić information content (AvgIpc) is 2.55. The molecule has 1 unspecified atom stereocenters. The zero-order valence-electron chi connectivity index (χ0n) is 11.8. The molecular formula is C13H26N4. The van der Waals surface area contributed by atoms with Gasteiger partial charge in [0.1, 0.15) is 5.82 Å². The highest BCUT2D eigenvalue weighted by atomic mass is 15.4. The molecule has 1 heterocycles. The minimum atomic E-state index is 0.671. The summed E-state index contributed by atoms with van der Waals surface area (Å²) < 4.78 is 2.03. The topological polar surface area (TPSA) is 47.1 Å². The number of nitrogens with zero attached hydrogens (tertiary/aromatic N) is 3. The Morgan fingerprint density at radius 1 is 1.41 bits per heavy atom. The normalized spacial score (nSPS) is 12.8. The van der Waals surface area contributed by atoms with Crippen LogP contribution < -0.4 is 10.6 Å². The molecule has 1 aromatic heterocycles. The summed E-state index contributed by atoms with van der Waals surface area (Å²) in [6.45, 7) is 10.6. The predicted octanol–water partition coefficient (Wildman–Crippen LogP) is 2.67. The summed E-state index contributed by atoms with van der Waals surface area (Å²) in [5.74, 6) is 1.74. The van der Waals surface area contributed by atoms with Crippen molar-refractivity contribution in [3.05, 3.63) is 5.69 Å². The van der Waals surface area contributed by atoms with Crippen LogP contribution in [0.2, 0.25) is 0 Å². The van der Waals surface area contributed by atoms with Crippen LogP contribution in [0.25, 0.3) is 0 Å². The molecule has 0 radical (unpaired) electrons. The van der Waals surface area contributed by atoms with Gasteiger partial charge in [-0.1, -0.05) is 27.2 Å². The molecule has 0 aromatic carbocycles. The molecule has 0 aliphatic rings. The van der Waals surface area contributed by atoms with Gasteiger partial charge in [0.25, 0.3) is 0 Å². The lowest BCUT2D eigenvalue weighted by atomic mass is 10.1. The Kier molecular flexibility index (Phi) is 4.85. The molecule has 98 valence electrons. The number of anilines is 2. The summed E-state index contributed by atoms with van der Waals surface area (Å²) in [5, 5.41) is 4.50. The fraction of sp³-hybridized carbons (Fsp3) is 0.769. The minimum Gasteiger partial charge on any atom is -0.394 e. The molecule has 0 fully saturated rings. The third kappa shape index (κ3) is 3.14. The van der Waals surface area contributed by atoms with E-state index in [0.29, 0.717) is 5.92 Å². The molecular weight excluding hydrogens is 212 g/mol. The van der Waals surface area contributed by atoms with Crippen molar-refractivity contribution in [2.45, 2.75) is 47.1 Å². The Hall–Kier alpha value is -1.19. The molecule has 2 N–H and O–H groups in total. The number of aryl methyl sites for hydroxylation is 2. The van der Waals surface area contributed by atoms with E-state index in [4.69, 9.17) is 5.73 Å². The van der Waals surface area contributed by atoms with E-state index in [2.05, 4.69) is 37.8 Å². The van der Waals surface area contributed by atoms with Crippen LogP contribution in [0, 0.1) is 12.8 Å². The summed E-state index contributed by atoms with van der Waals surface area (Å²) >= 11 is 0. The average molecular weight is 238 g/mol. The molecule has 0 amide bonds. The third-order valence-corrected chi connectivity index (χ3v) is 3.23. The van der Waals surface area contributed by atoms with Crippen molar-refractivity contribution in [3.63, 3.8) is 0 Å². The highest BCUT2D eigenvalue weighted by molar-refractivity contribution is 5.65. The van der Waals surface area contributed by atoms with Gasteiger partial charge < -0.3 is 10.6 Å². The van der Waals surface area contributed by atoms with Crippen LogP contribution in [0.1, 0.15) is 39.3 Å². The second kappa shape index (κ2) is 5.94. The van der Waals surface area contributed by atoms with Gasteiger partial charge in [-0.25, -0.2) is 4.68 Å². The first-order chi connectivity index (χ1) is 8.01. The standard InChI is InChI=1S/C13H26N4/c1-6-8-17-13(12(14)11(4)15-17)16(5)9-10(3)7-2/h10H,6-9,14H2,1-5H3. The van der Waals surface area contributed by atoms with E-state index in [0.717, 1.165) is 36.7 Å². The summed E-state index contributed by atoms with van der Waals surface area (Å²) in [7, 11) is 2.10. The summed E-state index contributed by atoms with van der Waals surface area (Å²) in [6, 6.07) is 0. The van der Waals surface area contributed by atoms with Crippen LogP contribution in [0.3, 0.4) is 0 Å². The second-order valence-corrected chi connectivity index (χ2v) is 4.94. The van der Waals surface area contributed by atoms with Crippen molar-refractivity contribution in [1.82, 2.24) is 9.78 Å². The van der Waals surface area contributed by atoms with Gasteiger partial charge in [-0.15, -0.1) is 0 Å². The molecule has 1 aromatic rings. The van der Waals surface area contributed by atoms with Gasteiger partial charge in [-0.05, 0) is 19.3 Å². The van der Waals surface area contributed by atoms with E-state index >= 15 is 0 Å². The van der Waals surface area contributed by atoms with E-state index in [-0.39, 0.29) is 0 Å². The Labute approximate surface area is 105 Å². The lowest BCUT2D eigenvalue weighted by Gasteiger charge is -2.24. The molecule has 0 aliphatic carbocycles. The molecule has 0 saturated carbocycles. The zero-order valence-corrected chi connectivity index (χ0v) is 11.8. The SMILES string of the molecule is CCCn1nc(C)c(N)c1N(C)CC(C)CC. The van der Waals surface area contributed by atoms with Crippen molar-refractivity contribution >= 4 is 11.5 Å². The van der Waals surface area contributed by atoms with Gasteiger partial charge in [-0.3, -0.25) is 0 Å². The van der Waals surface area contributed by atoms with Crippen molar-refractivity contribution in [2.24, 2.45) is 5.92 Å². The molecule has 0 aliphatic heterocycles. The highest BCUT2D eigenvalue weighted by Gasteiger charge is 2.17. The summed E-state index contributed by atoms with van der Waals surface area (Å²) in [5.41, 5.74) is 7.88. The third-order valence-electron chi connectivity index (χ3n) is 3.23. The zero-order chi connectivity index (χ0) is 13.0. The van der Waals surface area contributed by atoms with Crippen molar-refractivity contribution < 1.29 is 0 Å². The van der Waals surface area contributed by atoms with Crippen LogP contribution in [0.4, 0.5) is 11.5 Å². The van der Waals surface area contributed by atoms with E-state index in [9.17, 15) is 0 Å². The molecule has 4 nitrogen and oxygen atoms in total. The monoisotopic (exact) mass is 238 g/mol. The Morgan fingerprint density at radius 2 is 2.06 bits per heavy atom. The van der Waals surface area contributed by atoms with Crippen LogP contribution >= 0.6 is 0 Å². The lowest BCUT2D eigenvalue weighted by Crippen LogP contribution is -2.27. The smallest absolute Gasteiger partial charge is 0.150 e. The number of hydrogen-bond donors (Lipinski definition) is 1. The van der Waals surface area contributed by atoms with Crippen molar-refractivity contribution in [1.29, 1.82) is 0 Å². The lowest BCUT2D eigenvalue weighted by molar-refractivity contribution is 0.538. The fourth-order valence-corrected chi connectivity index (χ4v) is 2.04. The predicted molar refractivity (Wildman–Crippen MR) is 74.4 cm³/mol. The highest BCUT2D eigenvalue weighted by Crippen LogP contribution is 2.26. The molecule has 0 spiro atoms. The molecule has 0 bridgehead atoms. The van der Waals surface area contributed by atoms with Gasteiger partial charge in [0.05, 0.1) is 11.4 Å². The van der Waals surface area contributed by atoms with Gasteiger partial charge in [-0.2, -0.15) is 5.10 Å². The first-order valence-electron chi connectivity index (χ1n) is 6.55. The van der Waals surface area contributed by atoms with E-state index in [1.807, 2.05) is 11.6 Å². The second-order valence-electron chi connectivity index (χ2n) is 4.94. The van der Waals surface area contributed by atoms with Gasteiger partial charge in [0.15, 0.2) is 0 Å². The maximum atomic E-state index is 6.13. The van der Waals surface area contributed by atoms with Crippen LogP contribution in [0.15, 0.2) is 0 Å².